The summed E-state index contributed by atoms with van der Waals surface area (Å²) in [6.45, 7) is 0.342. The monoisotopic (exact) mass is 393 g/mol. The number of carbonyl (C=O) groups is 1. The lowest BCUT2D eigenvalue weighted by molar-refractivity contribution is 0.102. The molecule has 0 spiro atoms. The van der Waals surface area contributed by atoms with Gasteiger partial charge in [-0.05, 0) is 49.8 Å². The second-order valence-corrected chi connectivity index (χ2v) is 9.43. The van der Waals surface area contributed by atoms with Crippen molar-refractivity contribution in [2.75, 3.05) is 18.1 Å². The molecule has 2 aromatic rings. The third-order valence-corrected chi connectivity index (χ3v) is 6.11. The first-order valence-corrected chi connectivity index (χ1v) is 11.4. The Balaban J connectivity index is 1.58. The molecular formula is C18H23N3O3S2. The standard InChI is InChI=1S/C18H23N3O3S2/c1-26(23,24)19-12-11-13-7-9-14(10-8-13)17(22)21-18-20-15-5-3-2-4-6-16(15)25-18/h7-10,19H,2-6,11-12H2,1H3,(H,20,21,22). The number of thiazole rings is 1. The van der Waals surface area contributed by atoms with Crippen LogP contribution < -0.4 is 10.0 Å². The minimum atomic E-state index is -3.17. The van der Waals surface area contributed by atoms with Gasteiger partial charge in [-0.2, -0.15) is 0 Å². The summed E-state index contributed by atoms with van der Waals surface area (Å²) in [4.78, 5) is 18.3. The van der Waals surface area contributed by atoms with Crippen LogP contribution in [0.5, 0.6) is 0 Å². The number of hydrogen-bond acceptors (Lipinski definition) is 5. The number of sulfonamides is 1. The van der Waals surface area contributed by atoms with Crippen molar-refractivity contribution in [3.8, 4) is 0 Å². The number of fused-ring (bicyclic) bond motifs is 1. The average Bonchev–Trinajstić information content (AvgIpc) is 2.82. The van der Waals surface area contributed by atoms with Gasteiger partial charge in [0.05, 0.1) is 11.9 Å². The molecule has 0 unspecified atom stereocenters. The molecule has 0 fully saturated rings. The molecular weight excluding hydrogens is 370 g/mol. The number of nitrogens with zero attached hydrogens (tertiary/aromatic N) is 1. The van der Waals surface area contributed by atoms with Crippen LogP contribution in [0, 0.1) is 0 Å². The molecule has 140 valence electrons. The number of benzene rings is 1. The summed E-state index contributed by atoms with van der Waals surface area (Å²) < 4.78 is 24.6. The SMILES string of the molecule is CS(=O)(=O)NCCc1ccc(C(=O)Nc2nc3c(s2)CCCCC3)cc1. The molecule has 6 nitrogen and oxygen atoms in total. The van der Waals surface area contributed by atoms with E-state index < -0.39 is 10.0 Å². The van der Waals surface area contributed by atoms with Gasteiger partial charge < -0.3 is 0 Å². The van der Waals surface area contributed by atoms with Crippen LogP contribution in [0.1, 0.15) is 45.8 Å². The fraction of sp³-hybridized carbons (Fsp3) is 0.444. The van der Waals surface area contributed by atoms with E-state index in [9.17, 15) is 13.2 Å². The summed E-state index contributed by atoms with van der Waals surface area (Å²) >= 11 is 1.58. The van der Waals surface area contributed by atoms with Crippen molar-refractivity contribution in [1.82, 2.24) is 9.71 Å². The first-order valence-electron chi connectivity index (χ1n) is 8.74. The van der Waals surface area contributed by atoms with Gasteiger partial charge in [0.1, 0.15) is 0 Å². The van der Waals surface area contributed by atoms with Crippen molar-refractivity contribution < 1.29 is 13.2 Å². The van der Waals surface area contributed by atoms with E-state index in [-0.39, 0.29) is 5.91 Å². The predicted octanol–water partition coefficient (Wildman–Crippen LogP) is 2.76. The summed E-state index contributed by atoms with van der Waals surface area (Å²) in [5.41, 5.74) is 2.67. The first-order chi connectivity index (χ1) is 12.4. The molecule has 2 N–H and O–H groups in total. The molecule has 1 heterocycles. The lowest BCUT2D eigenvalue weighted by Gasteiger charge is -2.05. The Morgan fingerprint density at radius 2 is 1.88 bits per heavy atom. The summed E-state index contributed by atoms with van der Waals surface area (Å²) in [6, 6.07) is 7.19. The van der Waals surface area contributed by atoms with Gasteiger partial charge in [0.15, 0.2) is 5.13 Å². The molecule has 1 amide bonds. The van der Waals surface area contributed by atoms with E-state index in [2.05, 4.69) is 15.0 Å². The zero-order chi connectivity index (χ0) is 18.6. The van der Waals surface area contributed by atoms with Crippen molar-refractivity contribution in [3.63, 3.8) is 0 Å². The summed E-state index contributed by atoms with van der Waals surface area (Å²) in [7, 11) is -3.17. The highest BCUT2D eigenvalue weighted by molar-refractivity contribution is 7.88. The van der Waals surface area contributed by atoms with Gasteiger partial charge in [-0.1, -0.05) is 18.6 Å². The number of hydrogen-bond donors (Lipinski definition) is 2. The van der Waals surface area contributed by atoms with Gasteiger partial charge >= 0.3 is 0 Å². The van der Waals surface area contributed by atoms with E-state index in [1.165, 1.54) is 24.1 Å². The Labute approximate surface area is 158 Å². The largest absolute Gasteiger partial charge is 0.298 e. The van der Waals surface area contributed by atoms with Gasteiger partial charge in [0.2, 0.25) is 10.0 Å². The Hall–Kier alpha value is -1.77. The van der Waals surface area contributed by atoms with E-state index >= 15 is 0 Å². The van der Waals surface area contributed by atoms with Crippen molar-refractivity contribution in [2.24, 2.45) is 0 Å². The number of amides is 1. The molecule has 0 radical (unpaired) electrons. The maximum Gasteiger partial charge on any atom is 0.257 e. The third-order valence-electron chi connectivity index (χ3n) is 4.31. The van der Waals surface area contributed by atoms with Crippen molar-refractivity contribution in [1.29, 1.82) is 0 Å². The highest BCUT2D eigenvalue weighted by Gasteiger charge is 2.16. The van der Waals surface area contributed by atoms with Gasteiger partial charge in [0.25, 0.3) is 5.91 Å². The van der Waals surface area contributed by atoms with Crippen LogP contribution in [0.2, 0.25) is 0 Å². The van der Waals surface area contributed by atoms with Crippen molar-refractivity contribution in [3.05, 3.63) is 46.0 Å². The van der Waals surface area contributed by atoms with Gasteiger partial charge in [-0.3, -0.25) is 10.1 Å². The van der Waals surface area contributed by atoms with E-state index in [0.717, 1.165) is 30.4 Å². The zero-order valence-electron chi connectivity index (χ0n) is 14.7. The van der Waals surface area contributed by atoms with E-state index in [0.29, 0.717) is 23.7 Å². The fourth-order valence-electron chi connectivity index (χ4n) is 2.96. The van der Waals surface area contributed by atoms with Crippen LogP contribution in [0.25, 0.3) is 0 Å². The van der Waals surface area contributed by atoms with Crippen molar-refractivity contribution in [2.45, 2.75) is 38.5 Å². The maximum atomic E-state index is 12.4. The molecule has 8 heteroatoms. The van der Waals surface area contributed by atoms with Crippen LogP contribution in [0.15, 0.2) is 24.3 Å². The first kappa shape index (κ1) is 19.0. The average molecular weight is 394 g/mol. The smallest absolute Gasteiger partial charge is 0.257 e. The van der Waals surface area contributed by atoms with E-state index in [1.807, 2.05) is 12.1 Å². The second-order valence-electron chi connectivity index (χ2n) is 6.52. The minimum absolute atomic E-state index is 0.172. The normalized spacial score (nSPS) is 14.5. The molecule has 26 heavy (non-hydrogen) atoms. The van der Waals surface area contributed by atoms with Gasteiger partial charge in [0, 0.05) is 17.0 Å². The predicted molar refractivity (Wildman–Crippen MR) is 104 cm³/mol. The number of aryl methyl sites for hydroxylation is 2. The fourth-order valence-corrected chi connectivity index (χ4v) is 4.47. The molecule has 3 rings (SSSR count). The minimum Gasteiger partial charge on any atom is -0.298 e. The highest BCUT2D eigenvalue weighted by atomic mass is 32.2. The molecule has 0 bridgehead atoms. The van der Waals surface area contributed by atoms with Crippen LogP contribution in [0.4, 0.5) is 5.13 Å². The van der Waals surface area contributed by atoms with E-state index in [1.54, 1.807) is 23.5 Å². The number of rotatable bonds is 6. The molecule has 0 saturated heterocycles. The number of anilines is 1. The van der Waals surface area contributed by atoms with Gasteiger partial charge in [-0.15, -0.1) is 11.3 Å². The highest BCUT2D eigenvalue weighted by Crippen LogP contribution is 2.29. The maximum absolute atomic E-state index is 12.4. The van der Waals surface area contributed by atoms with E-state index in [4.69, 9.17) is 0 Å². The molecule has 1 aromatic heterocycles. The van der Waals surface area contributed by atoms with Crippen molar-refractivity contribution >= 4 is 32.4 Å². The van der Waals surface area contributed by atoms with Crippen LogP contribution >= 0.6 is 11.3 Å². The number of carbonyl (C=O) groups excluding carboxylic acids is 1. The molecule has 0 aliphatic heterocycles. The summed E-state index contributed by atoms with van der Waals surface area (Å²) in [5.74, 6) is -0.172. The number of aromatic nitrogens is 1. The molecule has 1 aromatic carbocycles. The summed E-state index contributed by atoms with van der Waals surface area (Å²) in [5, 5.41) is 3.56. The lowest BCUT2D eigenvalue weighted by Crippen LogP contribution is -2.24. The Morgan fingerprint density at radius 3 is 2.62 bits per heavy atom. The topological polar surface area (TPSA) is 88.2 Å². The Bertz CT molecular complexity index is 850. The summed E-state index contributed by atoms with van der Waals surface area (Å²) in [6.07, 6.45) is 7.37. The van der Waals surface area contributed by atoms with Crippen LogP contribution in [-0.4, -0.2) is 32.1 Å². The quantitative estimate of drug-likeness (QED) is 0.739. The molecule has 0 saturated carbocycles. The van der Waals surface area contributed by atoms with Crippen LogP contribution in [0.3, 0.4) is 0 Å². The van der Waals surface area contributed by atoms with Gasteiger partial charge in [-0.25, -0.2) is 18.1 Å². The lowest BCUT2D eigenvalue weighted by atomic mass is 10.1. The molecule has 1 aliphatic carbocycles. The second kappa shape index (κ2) is 8.28. The molecule has 0 atom stereocenters. The zero-order valence-corrected chi connectivity index (χ0v) is 16.4. The Morgan fingerprint density at radius 1 is 1.15 bits per heavy atom. The number of nitrogens with one attached hydrogen (secondary N) is 2. The van der Waals surface area contributed by atoms with Crippen LogP contribution in [-0.2, 0) is 29.3 Å². The Kier molecular flexibility index (Phi) is 6.05. The molecule has 1 aliphatic rings. The third kappa shape index (κ3) is 5.36.